The van der Waals surface area contributed by atoms with Crippen LogP contribution in [0.25, 0.3) is 0 Å². The number of hydrogen-bond donors (Lipinski definition) is 1. The Hall–Kier alpha value is -2.17. The van der Waals surface area contributed by atoms with Crippen molar-refractivity contribution in [3.63, 3.8) is 0 Å². The highest BCUT2D eigenvalue weighted by Gasteiger charge is 2.03. The SMILES string of the molecule is CNc1cc(Oc2ccc(F)c(C)c2)ncn1. The van der Waals surface area contributed by atoms with E-state index in [1.54, 1.807) is 32.2 Å². The van der Waals surface area contributed by atoms with Gasteiger partial charge >= 0.3 is 0 Å². The Morgan fingerprint density at radius 2 is 2.06 bits per heavy atom. The van der Waals surface area contributed by atoms with E-state index in [1.807, 2.05) is 0 Å². The van der Waals surface area contributed by atoms with Crippen LogP contribution < -0.4 is 10.1 Å². The minimum Gasteiger partial charge on any atom is -0.439 e. The summed E-state index contributed by atoms with van der Waals surface area (Å²) in [4.78, 5) is 7.94. The standard InChI is InChI=1S/C12H12FN3O/c1-8-5-9(3-4-10(8)13)17-12-6-11(14-2)15-7-16-12/h3-7H,1-2H3,(H,14,15,16). The monoisotopic (exact) mass is 233 g/mol. The van der Waals surface area contributed by atoms with E-state index in [2.05, 4.69) is 15.3 Å². The van der Waals surface area contributed by atoms with Crippen LogP contribution in [-0.2, 0) is 0 Å². The first kappa shape index (κ1) is 11.3. The minimum atomic E-state index is -0.254. The fourth-order valence-corrected chi connectivity index (χ4v) is 1.33. The average Bonchev–Trinajstić information content (AvgIpc) is 2.34. The molecule has 0 fully saturated rings. The average molecular weight is 233 g/mol. The molecular weight excluding hydrogens is 221 g/mol. The van der Waals surface area contributed by atoms with Crippen molar-refractivity contribution in [3.8, 4) is 11.6 Å². The van der Waals surface area contributed by atoms with Gasteiger partial charge in [-0.2, -0.15) is 0 Å². The van der Waals surface area contributed by atoms with Crippen molar-refractivity contribution in [3.05, 3.63) is 42.0 Å². The first-order chi connectivity index (χ1) is 8.19. The van der Waals surface area contributed by atoms with Gasteiger partial charge in [0.1, 0.15) is 23.7 Å². The molecule has 0 aliphatic heterocycles. The van der Waals surface area contributed by atoms with E-state index in [0.717, 1.165) is 0 Å². The smallest absolute Gasteiger partial charge is 0.224 e. The Kier molecular flexibility index (Phi) is 3.18. The summed E-state index contributed by atoms with van der Waals surface area (Å²) in [5.74, 6) is 1.37. The molecule has 0 unspecified atom stereocenters. The van der Waals surface area contributed by atoms with Gasteiger partial charge in [0, 0.05) is 13.1 Å². The highest BCUT2D eigenvalue weighted by atomic mass is 19.1. The Morgan fingerprint density at radius 3 is 2.76 bits per heavy atom. The van der Waals surface area contributed by atoms with E-state index in [1.165, 1.54) is 12.4 Å². The van der Waals surface area contributed by atoms with Crippen molar-refractivity contribution in [2.24, 2.45) is 0 Å². The van der Waals surface area contributed by atoms with Gasteiger partial charge in [-0.25, -0.2) is 14.4 Å². The normalized spacial score (nSPS) is 10.1. The first-order valence-corrected chi connectivity index (χ1v) is 5.13. The van der Waals surface area contributed by atoms with Gasteiger partial charge in [0.2, 0.25) is 5.88 Å². The Morgan fingerprint density at radius 1 is 1.24 bits per heavy atom. The Labute approximate surface area is 98.5 Å². The van der Waals surface area contributed by atoms with Crippen LogP contribution in [0.4, 0.5) is 10.2 Å². The van der Waals surface area contributed by atoms with Gasteiger partial charge in [-0.3, -0.25) is 0 Å². The van der Waals surface area contributed by atoms with Crippen molar-refractivity contribution >= 4 is 5.82 Å². The topological polar surface area (TPSA) is 47.0 Å². The predicted molar refractivity (Wildman–Crippen MR) is 62.8 cm³/mol. The summed E-state index contributed by atoms with van der Waals surface area (Å²) in [7, 11) is 1.76. The number of halogens is 1. The molecule has 17 heavy (non-hydrogen) atoms. The van der Waals surface area contributed by atoms with Gasteiger partial charge in [0.15, 0.2) is 0 Å². The van der Waals surface area contributed by atoms with E-state index in [0.29, 0.717) is 23.0 Å². The molecule has 88 valence electrons. The lowest BCUT2D eigenvalue weighted by atomic mass is 10.2. The van der Waals surface area contributed by atoms with E-state index >= 15 is 0 Å². The number of hydrogen-bond acceptors (Lipinski definition) is 4. The van der Waals surface area contributed by atoms with Crippen LogP contribution in [0.1, 0.15) is 5.56 Å². The van der Waals surface area contributed by atoms with Crippen molar-refractivity contribution in [1.82, 2.24) is 9.97 Å². The molecule has 0 spiro atoms. The highest BCUT2D eigenvalue weighted by molar-refractivity contribution is 5.38. The summed E-state index contributed by atoms with van der Waals surface area (Å²) in [6.07, 6.45) is 1.40. The Balaban J connectivity index is 2.22. The fraction of sp³-hybridized carbons (Fsp3) is 0.167. The molecule has 1 heterocycles. The molecule has 0 saturated carbocycles. The number of rotatable bonds is 3. The zero-order valence-electron chi connectivity index (χ0n) is 9.57. The lowest BCUT2D eigenvalue weighted by Gasteiger charge is -2.06. The minimum absolute atomic E-state index is 0.254. The third-order valence-corrected chi connectivity index (χ3v) is 2.25. The van der Waals surface area contributed by atoms with E-state index in [-0.39, 0.29) is 5.82 Å². The zero-order valence-corrected chi connectivity index (χ0v) is 9.57. The number of aryl methyl sites for hydroxylation is 1. The molecule has 4 nitrogen and oxygen atoms in total. The molecule has 0 amide bonds. The largest absolute Gasteiger partial charge is 0.439 e. The predicted octanol–water partition coefficient (Wildman–Crippen LogP) is 2.76. The maximum Gasteiger partial charge on any atom is 0.224 e. The number of benzene rings is 1. The number of aromatic nitrogens is 2. The second-order valence-corrected chi connectivity index (χ2v) is 3.50. The van der Waals surface area contributed by atoms with Gasteiger partial charge in [-0.15, -0.1) is 0 Å². The van der Waals surface area contributed by atoms with Crippen molar-refractivity contribution < 1.29 is 9.13 Å². The van der Waals surface area contributed by atoms with Crippen LogP contribution in [0, 0.1) is 12.7 Å². The van der Waals surface area contributed by atoms with E-state index < -0.39 is 0 Å². The van der Waals surface area contributed by atoms with Gasteiger partial charge in [0.05, 0.1) is 0 Å². The van der Waals surface area contributed by atoms with Crippen LogP contribution in [0.15, 0.2) is 30.6 Å². The van der Waals surface area contributed by atoms with Gasteiger partial charge in [0.25, 0.3) is 0 Å². The number of ether oxygens (including phenoxy) is 1. The van der Waals surface area contributed by atoms with Crippen LogP contribution in [0.2, 0.25) is 0 Å². The maximum absolute atomic E-state index is 13.1. The molecule has 1 aromatic heterocycles. The molecule has 0 aliphatic carbocycles. The summed E-state index contributed by atoms with van der Waals surface area (Å²) in [5.41, 5.74) is 0.533. The lowest BCUT2D eigenvalue weighted by Crippen LogP contribution is -1.95. The molecule has 1 N–H and O–H groups in total. The van der Waals surface area contributed by atoms with Gasteiger partial charge in [-0.1, -0.05) is 0 Å². The van der Waals surface area contributed by atoms with Crippen LogP contribution >= 0.6 is 0 Å². The quantitative estimate of drug-likeness (QED) is 0.885. The number of nitrogens with one attached hydrogen (secondary N) is 1. The van der Waals surface area contributed by atoms with Crippen molar-refractivity contribution in [2.75, 3.05) is 12.4 Å². The molecule has 2 aromatic rings. The molecule has 0 saturated heterocycles. The first-order valence-electron chi connectivity index (χ1n) is 5.13. The summed E-state index contributed by atoms with van der Waals surface area (Å²) < 4.78 is 18.6. The molecular formula is C12H12FN3O. The third kappa shape index (κ3) is 2.69. The van der Waals surface area contributed by atoms with Gasteiger partial charge < -0.3 is 10.1 Å². The molecule has 2 rings (SSSR count). The summed E-state index contributed by atoms with van der Waals surface area (Å²) in [6.45, 7) is 1.68. The summed E-state index contributed by atoms with van der Waals surface area (Å²) in [6, 6.07) is 6.21. The summed E-state index contributed by atoms with van der Waals surface area (Å²) >= 11 is 0. The molecule has 0 aliphatic rings. The Bertz CT molecular complexity index is 531. The van der Waals surface area contributed by atoms with Gasteiger partial charge in [-0.05, 0) is 30.7 Å². The molecule has 0 atom stereocenters. The molecule has 1 aromatic carbocycles. The van der Waals surface area contributed by atoms with Crippen LogP contribution in [-0.4, -0.2) is 17.0 Å². The summed E-state index contributed by atoms with van der Waals surface area (Å²) in [5, 5.41) is 2.88. The fourth-order valence-electron chi connectivity index (χ4n) is 1.33. The molecule has 0 bridgehead atoms. The van der Waals surface area contributed by atoms with E-state index in [4.69, 9.17) is 4.74 Å². The number of nitrogens with zero attached hydrogens (tertiary/aromatic N) is 2. The number of anilines is 1. The third-order valence-electron chi connectivity index (χ3n) is 2.25. The van der Waals surface area contributed by atoms with Crippen LogP contribution in [0.3, 0.4) is 0 Å². The lowest BCUT2D eigenvalue weighted by molar-refractivity contribution is 0.459. The van der Waals surface area contributed by atoms with Crippen molar-refractivity contribution in [2.45, 2.75) is 6.92 Å². The molecule has 0 radical (unpaired) electrons. The second kappa shape index (κ2) is 4.78. The zero-order chi connectivity index (χ0) is 12.3. The van der Waals surface area contributed by atoms with E-state index in [9.17, 15) is 4.39 Å². The maximum atomic E-state index is 13.1. The van der Waals surface area contributed by atoms with Crippen LogP contribution in [0.5, 0.6) is 11.6 Å². The second-order valence-electron chi connectivity index (χ2n) is 3.50. The van der Waals surface area contributed by atoms with Crippen molar-refractivity contribution in [1.29, 1.82) is 0 Å². The molecule has 5 heteroatoms. The highest BCUT2D eigenvalue weighted by Crippen LogP contribution is 2.22.